The Labute approximate surface area is 134 Å². The van der Waals surface area contributed by atoms with Crippen molar-refractivity contribution in [1.29, 1.82) is 0 Å². The first kappa shape index (κ1) is 16.3. The van der Waals surface area contributed by atoms with E-state index in [1.165, 1.54) is 0 Å². The molecule has 0 aromatic heterocycles. The molecule has 0 heterocycles. The number of carbonyl (C=O) groups is 1. The number of hydrogen-bond donors (Lipinski definition) is 2. The van der Waals surface area contributed by atoms with Crippen LogP contribution in [0, 0.1) is 5.92 Å². The van der Waals surface area contributed by atoms with Gasteiger partial charge in [-0.1, -0.05) is 28.4 Å². The van der Waals surface area contributed by atoms with E-state index in [1.807, 2.05) is 31.2 Å². The van der Waals surface area contributed by atoms with E-state index in [4.69, 9.17) is 10.5 Å². The predicted octanol–water partition coefficient (Wildman–Crippen LogP) is 2.85. The molecular formula is C16H23BrN2O2. The van der Waals surface area contributed by atoms with Gasteiger partial charge in [-0.25, -0.2) is 0 Å². The highest BCUT2D eigenvalue weighted by molar-refractivity contribution is 9.10. The van der Waals surface area contributed by atoms with Gasteiger partial charge in [-0.2, -0.15) is 0 Å². The topological polar surface area (TPSA) is 64.4 Å². The van der Waals surface area contributed by atoms with Gasteiger partial charge in [0.2, 0.25) is 5.91 Å². The standard InChI is InChI=1S/C16H23BrN2O2/c1-11(21-15-7-3-5-13(17)9-15)10-19-16(20)12-4-2-6-14(18)8-12/h3,5,7,9,11-12,14H,2,4,6,8,10,18H2,1H3,(H,19,20). The number of ether oxygens (including phenoxy) is 1. The molecule has 1 aromatic carbocycles. The third-order valence-electron chi connectivity index (χ3n) is 3.78. The van der Waals surface area contributed by atoms with Gasteiger partial charge in [-0.15, -0.1) is 0 Å². The van der Waals surface area contributed by atoms with Gasteiger partial charge >= 0.3 is 0 Å². The molecule has 4 nitrogen and oxygen atoms in total. The maximum Gasteiger partial charge on any atom is 0.223 e. The Balaban J connectivity index is 1.75. The lowest BCUT2D eigenvalue weighted by Crippen LogP contribution is -2.41. The molecule has 0 bridgehead atoms. The molecule has 1 aliphatic carbocycles. The largest absolute Gasteiger partial charge is 0.489 e. The molecule has 1 aliphatic rings. The van der Waals surface area contributed by atoms with Crippen molar-refractivity contribution in [1.82, 2.24) is 5.32 Å². The van der Waals surface area contributed by atoms with E-state index >= 15 is 0 Å². The molecule has 3 atom stereocenters. The fraction of sp³-hybridized carbons (Fsp3) is 0.562. The molecule has 3 unspecified atom stereocenters. The van der Waals surface area contributed by atoms with Crippen molar-refractivity contribution in [3.63, 3.8) is 0 Å². The van der Waals surface area contributed by atoms with Crippen LogP contribution in [0.2, 0.25) is 0 Å². The number of nitrogens with one attached hydrogen (secondary N) is 1. The van der Waals surface area contributed by atoms with Crippen molar-refractivity contribution in [2.45, 2.75) is 44.8 Å². The van der Waals surface area contributed by atoms with Gasteiger partial charge in [0.15, 0.2) is 0 Å². The third kappa shape index (κ3) is 5.32. The summed E-state index contributed by atoms with van der Waals surface area (Å²) in [5.41, 5.74) is 5.93. The first-order valence-electron chi connectivity index (χ1n) is 7.50. The molecule has 2 rings (SSSR count). The lowest BCUT2D eigenvalue weighted by molar-refractivity contribution is -0.126. The van der Waals surface area contributed by atoms with Crippen molar-refractivity contribution in [3.05, 3.63) is 28.7 Å². The smallest absolute Gasteiger partial charge is 0.223 e. The molecule has 116 valence electrons. The minimum atomic E-state index is -0.0690. The average Bonchev–Trinajstić information content (AvgIpc) is 2.45. The summed E-state index contributed by atoms with van der Waals surface area (Å²) in [4.78, 5) is 12.1. The normalized spacial score (nSPS) is 23.4. The summed E-state index contributed by atoms with van der Waals surface area (Å²) in [5, 5.41) is 2.98. The number of halogens is 1. The van der Waals surface area contributed by atoms with Crippen LogP contribution < -0.4 is 15.8 Å². The minimum absolute atomic E-state index is 0.0619. The lowest BCUT2D eigenvalue weighted by atomic mass is 9.85. The molecule has 1 fully saturated rings. The molecule has 1 amide bonds. The number of rotatable bonds is 5. The van der Waals surface area contributed by atoms with Crippen LogP contribution >= 0.6 is 15.9 Å². The SMILES string of the molecule is CC(CNC(=O)C1CCCC(N)C1)Oc1cccc(Br)c1. The highest BCUT2D eigenvalue weighted by Gasteiger charge is 2.25. The fourth-order valence-corrected chi connectivity index (χ4v) is 3.05. The summed E-state index contributed by atoms with van der Waals surface area (Å²) in [5.74, 6) is 0.965. The first-order valence-corrected chi connectivity index (χ1v) is 8.29. The first-order chi connectivity index (χ1) is 10.0. The van der Waals surface area contributed by atoms with Crippen LogP contribution in [0.25, 0.3) is 0 Å². The van der Waals surface area contributed by atoms with Crippen LogP contribution in [0.3, 0.4) is 0 Å². The Hall–Kier alpha value is -1.07. The van der Waals surface area contributed by atoms with Crippen molar-refractivity contribution in [2.24, 2.45) is 11.7 Å². The van der Waals surface area contributed by atoms with Gasteiger partial charge in [-0.05, 0) is 44.4 Å². The second-order valence-electron chi connectivity index (χ2n) is 5.75. The van der Waals surface area contributed by atoms with Crippen LogP contribution in [-0.4, -0.2) is 24.6 Å². The summed E-state index contributed by atoms with van der Waals surface area (Å²) in [6.07, 6.45) is 3.75. The molecule has 1 aromatic rings. The maximum atomic E-state index is 12.1. The van der Waals surface area contributed by atoms with Crippen molar-refractivity contribution < 1.29 is 9.53 Å². The second kappa shape index (κ2) is 7.80. The second-order valence-corrected chi connectivity index (χ2v) is 6.67. The van der Waals surface area contributed by atoms with E-state index in [1.54, 1.807) is 0 Å². The monoisotopic (exact) mass is 354 g/mol. The molecule has 1 saturated carbocycles. The number of amides is 1. The molecule has 0 saturated heterocycles. The molecule has 0 radical (unpaired) electrons. The fourth-order valence-electron chi connectivity index (χ4n) is 2.67. The highest BCUT2D eigenvalue weighted by atomic mass is 79.9. The van der Waals surface area contributed by atoms with E-state index in [-0.39, 0.29) is 24.0 Å². The molecule has 21 heavy (non-hydrogen) atoms. The van der Waals surface area contributed by atoms with E-state index in [2.05, 4.69) is 21.2 Å². The summed E-state index contributed by atoms with van der Waals surface area (Å²) in [6.45, 7) is 2.46. The predicted molar refractivity (Wildman–Crippen MR) is 87.2 cm³/mol. The number of carbonyl (C=O) groups excluding carboxylic acids is 1. The van der Waals surface area contributed by atoms with Crippen LogP contribution in [0.15, 0.2) is 28.7 Å². The summed E-state index contributed by atoms with van der Waals surface area (Å²) >= 11 is 3.41. The highest BCUT2D eigenvalue weighted by Crippen LogP contribution is 2.23. The number of hydrogen-bond acceptors (Lipinski definition) is 3. The van der Waals surface area contributed by atoms with Gasteiger partial charge in [-0.3, -0.25) is 4.79 Å². The minimum Gasteiger partial charge on any atom is -0.489 e. The zero-order chi connectivity index (χ0) is 15.2. The average molecular weight is 355 g/mol. The Bertz CT molecular complexity index is 481. The van der Waals surface area contributed by atoms with Gasteiger partial charge in [0.25, 0.3) is 0 Å². The summed E-state index contributed by atoms with van der Waals surface area (Å²) in [7, 11) is 0. The van der Waals surface area contributed by atoms with E-state index < -0.39 is 0 Å². The van der Waals surface area contributed by atoms with E-state index in [0.717, 1.165) is 35.9 Å². The van der Waals surface area contributed by atoms with Crippen molar-refractivity contribution in [3.8, 4) is 5.75 Å². The van der Waals surface area contributed by atoms with E-state index in [0.29, 0.717) is 6.54 Å². The number of nitrogens with two attached hydrogens (primary N) is 1. The zero-order valence-electron chi connectivity index (χ0n) is 12.3. The summed E-state index contributed by atoms with van der Waals surface area (Å²) < 4.78 is 6.76. The Morgan fingerprint density at radius 3 is 3.05 bits per heavy atom. The third-order valence-corrected chi connectivity index (χ3v) is 4.28. The molecule has 3 N–H and O–H groups in total. The van der Waals surface area contributed by atoms with Crippen molar-refractivity contribution >= 4 is 21.8 Å². The molecule has 5 heteroatoms. The van der Waals surface area contributed by atoms with Crippen molar-refractivity contribution in [2.75, 3.05) is 6.54 Å². The molecule has 0 spiro atoms. The Kier molecular flexibility index (Phi) is 6.06. The van der Waals surface area contributed by atoms with E-state index in [9.17, 15) is 4.79 Å². The van der Waals surface area contributed by atoms with Crippen LogP contribution in [0.4, 0.5) is 0 Å². The molecule has 0 aliphatic heterocycles. The maximum absolute atomic E-state index is 12.1. The van der Waals surface area contributed by atoms with Gasteiger partial charge in [0.05, 0.1) is 6.54 Å². The Morgan fingerprint density at radius 2 is 2.33 bits per heavy atom. The lowest BCUT2D eigenvalue weighted by Gasteiger charge is -2.26. The quantitative estimate of drug-likeness (QED) is 0.854. The van der Waals surface area contributed by atoms with Crippen LogP contribution in [0.1, 0.15) is 32.6 Å². The van der Waals surface area contributed by atoms with Gasteiger partial charge in [0.1, 0.15) is 11.9 Å². The van der Waals surface area contributed by atoms with Crippen LogP contribution in [0.5, 0.6) is 5.75 Å². The zero-order valence-corrected chi connectivity index (χ0v) is 13.9. The Morgan fingerprint density at radius 1 is 1.52 bits per heavy atom. The van der Waals surface area contributed by atoms with Crippen LogP contribution in [-0.2, 0) is 4.79 Å². The van der Waals surface area contributed by atoms with Gasteiger partial charge < -0.3 is 15.8 Å². The number of benzene rings is 1. The van der Waals surface area contributed by atoms with Gasteiger partial charge in [0, 0.05) is 16.4 Å². The molecular weight excluding hydrogens is 332 g/mol. The summed E-state index contributed by atoms with van der Waals surface area (Å²) in [6, 6.07) is 7.87.